The fourth-order valence-corrected chi connectivity index (χ4v) is 6.25. The van der Waals surface area contributed by atoms with E-state index in [-0.39, 0.29) is 49.7 Å². The Balaban J connectivity index is 0.000000258. The maximum atomic E-state index is 12.1. The smallest absolute Gasteiger partial charge is 0.263 e. The lowest BCUT2D eigenvalue weighted by molar-refractivity contribution is -0.154. The Labute approximate surface area is 288 Å². The Hall–Kier alpha value is -1.82. The number of allylic oxidation sites excluding steroid dienone is 1. The molecule has 5 saturated heterocycles. The summed E-state index contributed by atoms with van der Waals surface area (Å²) in [6.45, 7) is 9.72. The molecule has 1 radical (unpaired) electrons. The first-order valence-corrected chi connectivity index (χ1v) is 16.6. The van der Waals surface area contributed by atoms with Gasteiger partial charge in [-0.05, 0) is 63.9 Å². The SMILES string of the molecule is C.CCCC1O[C@@H]1/C=C/C(=O)Cl.CCCC1O[C@@H]1/C=C/C(=O)[C@]1(O)C(=O)NC(CO)[C@@H]1O.[3H][B]SO[C@@H]1C(C)C(=O)N2[C@H]1COC2(C)C. The molecular weight excluding hydrogens is 655 g/mol. The molecule has 0 aromatic heterocycles. The van der Waals surface area contributed by atoms with Gasteiger partial charge in [-0.15, -0.1) is 0 Å². The molecule has 0 spiro atoms. The number of amides is 2. The summed E-state index contributed by atoms with van der Waals surface area (Å²) in [4.78, 5) is 47.7. The van der Waals surface area contributed by atoms with Crippen LogP contribution in [0, 0.1) is 5.92 Å². The predicted molar refractivity (Wildman–Crippen MR) is 177 cm³/mol. The molecule has 5 heterocycles. The molecule has 0 aromatic carbocycles. The first-order chi connectivity index (χ1) is 22.2. The van der Waals surface area contributed by atoms with Crippen molar-refractivity contribution in [2.45, 2.75) is 128 Å². The Morgan fingerprint density at radius 2 is 1.74 bits per heavy atom. The van der Waals surface area contributed by atoms with Crippen molar-refractivity contribution in [1.82, 2.24) is 10.2 Å². The Morgan fingerprint density at radius 1 is 1.17 bits per heavy atom. The summed E-state index contributed by atoms with van der Waals surface area (Å²) >= 11 is 6.06. The molecule has 0 aromatic rings. The number of carbonyl (C=O) groups excluding carboxylic acids is 4. The van der Waals surface area contributed by atoms with Gasteiger partial charge in [0.05, 0.1) is 43.4 Å². The van der Waals surface area contributed by atoms with Crippen molar-refractivity contribution in [1.29, 1.82) is 1.34 Å². The third-order valence-electron chi connectivity index (χ3n) is 8.47. The van der Waals surface area contributed by atoms with Gasteiger partial charge in [0, 0.05) is 0 Å². The van der Waals surface area contributed by atoms with E-state index in [4.69, 9.17) is 36.4 Å². The molecule has 4 N–H and O–H groups in total. The number of aliphatic hydroxyl groups excluding tert-OH is 2. The van der Waals surface area contributed by atoms with Crippen LogP contribution >= 0.6 is 23.5 Å². The van der Waals surface area contributed by atoms with Crippen LogP contribution in [0.15, 0.2) is 24.3 Å². The Kier molecular flexibility index (Phi) is 14.9. The number of epoxide rings is 2. The van der Waals surface area contributed by atoms with Crippen molar-refractivity contribution in [2.24, 2.45) is 5.92 Å². The molecule has 2 amide bonds. The number of nitrogens with zero attached hydrogens (tertiary/aromatic N) is 1. The predicted octanol–water partition coefficient (Wildman–Crippen LogP) is 1.22. The second-order valence-electron chi connectivity index (χ2n) is 12.2. The maximum Gasteiger partial charge on any atom is 0.263 e. The highest BCUT2D eigenvalue weighted by Gasteiger charge is 2.58. The zero-order valence-corrected chi connectivity index (χ0v) is 28.2. The highest BCUT2D eigenvalue weighted by atomic mass is 35.5. The number of fused-ring (bicyclic) bond motifs is 1. The summed E-state index contributed by atoms with van der Waals surface area (Å²) in [7, 11) is 1.13. The van der Waals surface area contributed by atoms with Crippen molar-refractivity contribution in [3.8, 4) is 0 Å². The molecule has 5 aliphatic rings. The van der Waals surface area contributed by atoms with E-state index in [2.05, 4.69) is 12.2 Å². The van der Waals surface area contributed by atoms with E-state index in [0.29, 0.717) is 12.7 Å². The first-order valence-electron chi connectivity index (χ1n) is 16.0. The molecule has 47 heavy (non-hydrogen) atoms. The second-order valence-corrected chi connectivity index (χ2v) is 13.0. The van der Waals surface area contributed by atoms with Gasteiger partial charge >= 0.3 is 0 Å². The number of halogens is 1. The number of carbonyl (C=O) groups is 4. The summed E-state index contributed by atoms with van der Waals surface area (Å²) in [5.41, 5.74) is -3.08. The number of rotatable bonds is 13. The van der Waals surface area contributed by atoms with Crippen LogP contribution in [0.1, 0.15) is 67.7 Å². The van der Waals surface area contributed by atoms with Crippen LogP contribution in [0.25, 0.3) is 0 Å². The maximum absolute atomic E-state index is 12.1. The van der Waals surface area contributed by atoms with Gasteiger partial charge in [0.15, 0.2) is 5.78 Å². The van der Waals surface area contributed by atoms with Crippen molar-refractivity contribution < 1.29 is 52.9 Å². The number of ether oxygens (including phenoxy) is 3. The van der Waals surface area contributed by atoms with E-state index in [0.717, 1.165) is 50.7 Å². The molecule has 16 heteroatoms. The lowest BCUT2D eigenvalue weighted by Crippen LogP contribution is -2.52. The highest BCUT2D eigenvalue weighted by Crippen LogP contribution is 2.40. The Bertz CT molecular complexity index is 1200. The van der Waals surface area contributed by atoms with E-state index in [9.17, 15) is 29.4 Å². The summed E-state index contributed by atoms with van der Waals surface area (Å²) in [5, 5.41) is 30.6. The summed E-state index contributed by atoms with van der Waals surface area (Å²) in [6, 6.07) is -1.07. The Morgan fingerprint density at radius 3 is 2.23 bits per heavy atom. The lowest BCUT2D eigenvalue weighted by Gasteiger charge is -2.29. The molecule has 5 fully saturated rings. The fourth-order valence-electron chi connectivity index (χ4n) is 5.76. The van der Waals surface area contributed by atoms with Gasteiger partial charge in [-0.25, -0.2) is 0 Å². The molecule has 0 aliphatic carbocycles. The molecule has 5 aliphatic heterocycles. The summed E-state index contributed by atoms with van der Waals surface area (Å²) in [5.74, 6) is -2.01. The van der Waals surface area contributed by atoms with Crippen LogP contribution in [-0.4, -0.2) is 125 Å². The van der Waals surface area contributed by atoms with E-state index >= 15 is 0 Å². The van der Waals surface area contributed by atoms with Crippen molar-refractivity contribution in [3.05, 3.63) is 24.3 Å². The molecule has 0 bridgehead atoms. The molecule has 265 valence electrons. The van der Waals surface area contributed by atoms with Gasteiger partial charge in [0.1, 0.15) is 30.1 Å². The van der Waals surface area contributed by atoms with Gasteiger partial charge in [0.25, 0.3) is 5.91 Å². The fraction of sp³-hybridized carbons (Fsp3) is 0.742. The normalized spacial score (nSPS) is 36.4. The largest absolute Gasteiger partial charge is 0.394 e. The van der Waals surface area contributed by atoms with E-state index in [1.54, 1.807) is 11.0 Å². The number of hydrogen-bond donors (Lipinski definition) is 4. The highest BCUT2D eigenvalue weighted by molar-refractivity contribution is 8.15. The average Bonchev–Trinajstić information content (AvgIpc) is 3.90. The van der Waals surface area contributed by atoms with E-state index < -0.39 is 47.0 Å². The van der Waals surface area contributed by atoms with Gasteiger partial charge in [-0.2, -0.15) is 0 Å². The number of hydrogen-bond acceptors (Lipinski definition) is 12. The van der Waals surface area contributed by atoms with Crippen LogP contribution in [0.5, 0.6) is 0 Å². The molecule has 0 saturated carbocycles. The minimum atomic E-state index is -2.54. The monoisotopic (exact) mass is 705 g/mol. The third-order valence-corrected chi connectivity index (χ3v) is 8.93. The average molecular weight is 706 g/mol. The van der Waals surface area contributed by atoms with Gasteiger partial charge in [-0.1, -0.05) is 52.9 Å². The van der Waals surface area contributed by atoms with Crippen LogP contribution in [0.2, 0.25) is 0 Å². The van der Waals surface area contributed by atoms with E-state index in [1.807, 2.05) is 27.7 Å². The molecule has 5 rings (SSSR count). The minimum Gasteiger partial charge on any atom is -0.394 e. The molecule has 4 unspecified atom stereocenters. The van der Waals surface area contributed by atoms with Crippen LogP contribution in [0.4, 0.5) is 0 Å². The zero-order valence-electron chi connectivity index (χ0n) is 27.7. The zero-order chi connectivity index (χ0) is 35.1. The first kappa shape index (κ1) is 39.6. The van der Waals surface area contributed by atoms with Crippen molar-refractivity contribution in [2.75, 3.05) is 13.2 Å². The standard InChI is InChI=1S/C13H19NO6.C9H15BNO3S.C8H11ClO2.CH4/c1-2-3-8-9(20-8)4-5-10(16)13(19)11(17)7(6-15)14-12(13)18;1-5-7(14-15-10)6-4-13-9(2,3)11(6)8(5)12;1-2-3-6-7(11-6)4-5-8(9)10;/h4-5,7-9,11,15,17,19H,2-3,6H2,1H3,(H,14,18);5-7,10H,4H2,1-3H3;4-7H,2-3H2,1H3;1H4/b5-4+;;5-4+;/t7?,8?,9-,11+,13-;5?,6-,7+;6?,7-;/m101./s1/i;10T;;. The minimum absolute atomic E-state index is 0. The molecular formula is C31H49BClN2O11S. The number of aliphatic hydroxyl groups is 3. The van der Waals surface area contributed by atoms with E-state index in [1.165, 1.54) is 12.2 Å². The number of ketones is 1. The van der Waals surface area contributed by atoms with Crippen LogP contribution < -0.4 is 5.32 Å². The second kappa shape index (κ2) is 17.7. The topological polar surface area (TPSA) is 188 Å². The van der Waals surface area contributed by atoms with Gasteiger partial charge < -0.3 is 43.9 Å². The summed E-state index contributed by atoms with van der Waals surface area (Å²) in [6.07, 6.45) is 8.11. The lowest BCUT2D eigenvalue weighted by atomic mass is 9.91. The van der Waals surface area contributed by atoms with Crippen molar-refractivity contribution in [3.63, 3.8) is 0 Å². The van der Waals surface area contributed by atoms with Crippen molar-refractivity contribution >= 4 is 53.4 Å². The summed E-state index contributed by atoms with van der Waals surface area (Å²) < 4.78 is 28.5. The van der Waals surface area contributed by atoms with Gasteiger partial charge in [-0.3, -0.25) is 19.2 Å². The van der Waals surface area contributed by atoms with Gasteiger partial charge in [0.2, 0.25) is 23.8 Å². The van der Waals surface area contributed by atoms with Crippen LogP contribution in [0.3, 0.4) is 0 Å². The molecule has 10 atom stereocenters. The van der Waals surface area contributed by atoms with Crippen LogP contribution in [-0.2, 0) is 37.6 Å². The third kappa shape index (κ3) is 9.89. The quantitative estimate of drug-likeness (QED) is 0.0537. The molecule has 13 nitrogen and oxygen atoms in total. The number of nitrogens with one attached hydrogen (secondary N) is 1.